The van der Waals surface area contributed by atoms with Gasteiger partial charge in [-0.2, -0.15) is 0 Å². The van der Waals surface area contributed by atoms with Crippen LogP contribution in [0.4, 0.5) is 4.48 Å². The lowest BCUT2D eigenvalue weighted by Crippen LogP contribution is -2.60. The van der Waals surface area contributed by atoms with Crippen LogP contribution in [-0.2, 0) is 0 Å². The molecule has 0 aromatic rings. The predicted molar refractivity (Wildman–Crippen MR) is 27.1 cm³/mol. The van der Waals surface area contributed by atoms with E-state index in [0.29, 0.717) is 0 Å². The third-order valence-electron chi connectivity index (χ3n) is 0.838. The van der Waals surface area contributed by atoms with Crippen molar-refractivity contribution in [2.45, 2.75) is 5.97 Å². The summed E-state index contributed by atoms with van der Waals surface area (Å²) in [5.41, 5.74) is 4.85. The van der Waals surface area contributed by atoms with Gasteiger partial charge in [0.15, 0.2) is 0 Å². The van der Waals surface area contributed by atoms with Gasteiger partial charge in [-0.3, -0.25) is 11.1 Å². The van der Waals surface area contributed by atoms with Crippen LogP contribution in [0, 0.1) is 0 Å². The monoisotopic (exact) mass is 123 g/mol. The average molecular weight is 123 g/mol. The Balaban J connectivity index is 3.71. The number of hydrogen-bond acceptors (Lipinski definition) is 4. The van der Waals surface area contributed by atoms with Crippen LogP contribution in [0.2, 0.25) is 0 Å². The zero-order valence-corrected chi connectivity index (χ0v) is 4.85. The summed E-state index contributed by atoms with van der Waals surface area (Å²) in [6.45, 7) is 0. The quantitative estimate of drug-likeness (QED) is 0.311. The molecule has 8 heavy (non-hydrogen) atoms. The molecule has 5 heteroatoms. The molecule has 0 aliphatic heterocycles. The summed E-state index contributed by atoms with van der Waals surface area (Å²) in [6, 6.07) is 0. The number of nitrogens with two attached hydrogens (primary N) is 1. The molecule has 0 spiro atoms. The van der Waals surface area contributed by atoms with E-state index in [1.165, 1.54) is 7.05 Å². The SMILES string of the molecule is CNC(N)(O)N(C)F. The first-order valence-electron chi connectivity index (χ1n) is 2.10. The van der Waals surface area contributed by atoms with Gasteiger partial charge in [-0.15, -0.1) is 4.48 Å². The second kappa shape index (κ2) is 2.36. The van der Waals surface area contributed by atoms with Crippen molar-refractivity contribution in [2.75, 3.05) is 14.1 Å². The van der Waals surface area contributed by atoms with Gasteiger partial charge >= 0.3 is 0 Å². The number of nitrogens with zero attached hydrogens (tertiary/aromatic N) is 1. The molecule has 0 bridgehead atoms. The van der Waals surface area contributed by atoms with Gasteiger partial charge in [-0.25, -0.2) is 0 Å². The van der Waals surface area contributed by atoms with Crippen LogP contribution in [0.3, 0.4) is 0 Å². The van der Waals surface area contributed by atoms with Crippen molar-refractivity contribution in [1.82, 2.24) is 10.4 Å². The largest absolute Gasteiger partial charge is 0.349 e. The van der Waals surface area contributed by atoms with Crippen LogP contribution in [0.15, 0.2) is 0 Å². The van der Waals surface area contributed by atoms with Gasteiger partial charge in [-0.1, -0.05) is 5.12 Å². The van der Waals surface area contributed by atoms with E-state index in [0.717, 1.165) is 7.05 Å². The van der Waals surface area contributed by atoms with Crippen molar-refractivity contribution in [2.24, 2.45) is 5.73 Å². The molecule has 50 valence electrons. The summed E-state index contributed by atoms with van der Waals surface area (Å²) in [5, 5.41) is 10.7. The minimum absolute atomic E-state index is 0.0347. The molecule has 0 rings (SSSR count). The molecular formula is C3H10FN3O. The van der Waals surface area contributed by atoms with E-state index in [9.17, 15) is 4.48 Å². The van der Waals surface area contributed by atoms with Crippen LogP contribution >= 0.6 is 0 Å². The maximum atomic E-state index is 11.9. The molecule has 4 N–H and O–H groups in total. The Labute approximate surface area is 47.0 Å². The van der Waals surface area contributed by atoms with Crippen molar-refractivity contribution < 1.29 is 9.59 Å². The molecule has 0 saturated carbocycles. The molecule has 1 unspecified atom stereocenters. The minimum Gasteiger partial charge on any atom is -0.349 e. The van der Waals surface area contributed by atoms with E-state index in [1.807, 2.05) is 0 Å². The molecule has 0 heterocycles. The van der Waals surface area contributed by atoms with Crippen molar-refractivity contribution in [3.05, 3.63) is 0 Å². The number of halogens is 1. The maximum Gasteiger partial charge on any atom is 0.258 e. The zero-order valence-electron chi connectivity index (χ0n) is 4.85. The zero-order chi connectivity index (χ0) is 6.78. The fraction of sp³-hybridized carbons (Fsp3) is 1.00. The lowest BCUT2D eigenvalue weighted by Gasteiger charge is -2.24. The van der Waals surface area contributed by atoms with Gasteiger partial charge in [0.2, 0.25) is 0 Å². The minimum atomic E-state index is -2.04. The molecule has 0 aromatic heterocycles. The summed E-state index contributed by atoms with van der Waals surface area (Å²) in [6.07, 6.45) is 0. The predicted octanol–water partition coefficient (Wildman–Crippen LogP) is -1.42. The van der Waals surface area contributed by atoms with Gasteiger partial charge in [0.05, 0.1) is 0 Å². The molecule has 4 nitrogen and oxygen atoms in total. The standard InChI is InChI=1S/C3H10FN3O/c1-6-3(5,8)7(2)4/h6,8H,5H2,1-2H3. The highest BCUT2D eigenvalue weighted by Gasteiger charge is 2.23. The first-order chi connectivity index (χ1) is 3.50. The van der Waals surface area contributed by atoms with Crippen LogP contribution in [0.1, 0.15) is 0 Å². The van der Waals surface area contributed by atoms with Crippen molar-refractivity contribution in [1.29, 1.82) is 0 Å². The van der Waals surface area contributed by atoms with E-state index < -0.39 is 5.97 Å². The average Bonchev–Trinajstić information content (AvgIpc) is 1.67. The second-order valence-corrected chi connectivity index (χ2v) is 1.45. The summed E-state index contributed by atoms with van der Waals surface area (Å²) >= 11 is 0. The molecule has 0 amide bonds. The van der Waals surface area contributed by atoms with E-state index in [2.05, 4.69) is 5.32 Å². The van der Waals surface area contributed by atoms with Gasteiger partial charge in [0.1, 0.15) is 0 Å². The van der Waals surface area contributed by atoms with Crippen LogP contribution in [0.5, 0.6) is 0 Å². The first kappa shape index (κ1) is 7.77. The highest BCUT2D eigenvalue weighted by Crippen LogP contribution is 1.94. The summed E-state index contributed by atoms with van der Waals surface area (Å²) in [4.78, 5) is 0. The van der Waals surface area contributed by atoms with Crippen LogP contribution in [-0.4, -0.2) is 30.3 Å². The Morgan fingerprint density at radius 3 is 2.25 bits per heavy atom. The Morgan fingerprint density at radius 2 is 2.25 bits per heavy atom. The van der Waals surface area contributed by atoms with Gasteiger partial charge in [0, 0.05) is 7.05 Å². The van der Waals surface area contributed by atoms with Crippen LogP contribution in [0.25, 0.3) is 0 Å². The Morgan fingerprint density at radius 1 is 1.88 bits per heavy atom. The van der Waals surface area contributed by atoms with Crippen molar-refractivity contribution in [3.63, 3.8) is 0 Å². The molecule has 0 aromatic carbocycles. The Hall–Kier alpha value is -0.230. The first-order valence-corrected chi connectivity index (χ1v) is 2.10. The fourth-order valence-electron chi connectivity index (χ4n) is 0.154. The molecule has 1 atom stereocenters. The third-order valence-corrected chi connectivity index (χ3v) is 0.838. The maximum absolute atomic E-state index is 11.9. The summed E-state index contributed by atoms with van der Waals surface area (Å²) < 4.78 is 11.9. The number of nitrogens with one attached hydrogen (secondary N) is 1. The highest BCUT2D eigenvalue weighted by atomic mass is 19.2. The van der Waals surface area contributed by atoms with E-state index in [4.69, 9.17) is 10.8 Å². The molecule has 0 aliphatic carbocycles. The van der Waals surface area contributed by atoms with Gasteiger partial charge < -0.3 is 5.11 Å². The molecule has 0 radical (unpaired) electrons. The topological polar surface area (TPSA) is 61.5 Å². The number of hydrogen-bond donors (Lipinski definition) is 3. The van der Waals surface area contributed by atoms with Crippen LogP contribution < -0.4 is 11.1 Å². The molecule has 0 fully saturated rings. The summed E-state index contributed by atoms with van der Waals surface area (Å²) in [7, 11) is 2.35. The van der Waals surface area contributed by atoms with E-state index in [1.54, 1.807) is 0 Å². The Bertz CT molecular complexity index is 74.9. The number of rotatable bonds is 2. The summed E-state index contributed by atoms with van der Waals surface area (Å²) in [5.74, 6) is -2.04. The Kier molecular flexibility index (Phi) is 2.29. The van der Waals surface area contributed by atoms with E-state index >= 15 is 0 Å². The second-order valence-electron chi connectivity index (χ2n) is 1.45. The molecule has 0 aliphatic rings. The van der Waals surface area contributed by atoms with Crippen molar-refractivity contribution in [3.8, 4) is 0 Å². The third kappa shape index (κ3) is 1.71. The fourth-order valence-corrected chi connectivity index (χ4v) is 0.154. The number of aliphatic hydroxyl groups is 1. The van der Waals surface area contributed by atoms with Gasteiger partial charge in [0.25, 0.3) is 5.97 Å². The lowest BCUT2D eigenvalue weighted by atomic mass is 10.7. The molecule has 0 saturated heterocycles. The smallest absolute Gasteiger partial charge is 0.258 e. The van der Waals surface area contributed by atoms with E-state index in [-0.39, 0.29) is 5.12 Å². The molecular weight excluding hydrogens is 113 g/mol. The highest BCUT2D eigenvalue weighted by molar-refractivity contribution is 4.54. The van der Waals surface area contributed by atoms with Crippen molar-refractivity contribution >= 4 is 0 Å². The lowest BCUT2D eigenvalue weighted by molar-refractivity contribution is -0.202. The normalized spacial score (nSPS) is 18.8. The van der Waals surface area contributed by atoms with Gasteiger partial charge in [-0.05, 0) is 7.05 Å².